The van der Waals surface area contributed by atoms with E-state index in [0.29, 0.717) is 11.5 Å². The zero-order chi connectivity index (χ0) is 12.2. The molecule has 1 N–H and O–H groups in total. The summed E-state index contributed by atoms with van der Waals surface area (Å²) in [6.07, 6.45) is 0. The van der Waals surface area contributed by atoms with E-state index in [0.717, 1.165) is 0 Å². The van der Waals surface area contributed by atoms with E-state index in [2.05, 4.69) is 9.88 Å². The molecule has 1 aromatic rings. The van der Waals surface area contributed by atoms with Gasteiger partial charge < -0.3 is 4.52 Å². The normalized spacial score (nSPS) is 13.3. The van der Waals surface area contributed by atoms with Crippen molar-refractivity contribution in [3.8, 4) is 6.07 Å². The molecule has 6 nitrogen and oxygen atoms in total. The van der Waals surface area contributed by atoms with Crippen molar-refractivity contribution in [2.45, 2.75) is 19.6 Å². The van der Waals surface area contributed by atoms with Crippen molar-refractivity contribution in [3.05, 3.63) is 17.5 Å². The van der Waals surface area contributed by atoms with Crippen molar-refractivity contribution >= 4 is 10.0 Å². The van der Waals surface area contributed by atoms with Crippen LogP contribution in [0.15, 0.2) is 10.6 Å². The maximum atomic E-state index is 11.5. The van der Waals surface area contributed by atoms with E-state index >= 15 is 0 Å². The number of hydrogen-bond donors (Lipinski definition) is 1. The Morgan fingerprint density at radius 2 is 2.38 bits per heavy atom. The van der Waals surface area contributed by atoms with Crippen molar-refractivity contribution in [1.29, 1.82) is 5.26 Å². The van der Waals surface area contributed by atoms with Gasteiger partial charge in [-0.25, -0.2) is 13.1 Å². The van der Waals surface area contributed by atoms with Crippen molar-refractivity contribution in [2.75, 3.05) is 6.54 Å². The summed E-state index contributed by atoms with van der Waals surface area (Å²) in [7, 11) is -3.45. The quantitative estimate of drug-likeness (QED) is 0.815. The number of aromatic nitrogens is 1. The Morgan fingerprint density at radius 3 is 2.88 bits per heavy atom. The minimum atomic E-state index is -3.45. The minimum Gasteiger partial charge on any atom is -0.361 e. The van der Waals surface area contributed by atoms with Crippen LogP contribution in [0.4, 0.5) is 0 Å². The van der Waals surface area contributed by atoms with E-state index in [9.17, 15) is 8.42 Å². The number of sulfonamides is 1. The van der Waals surface area contributed by atoms with Gasteiger partial charge in [-0.2, -0.15) is 5.26 Å². The molecule has 0 aromatic carbocycles. The first-order valence-electron chi connectivity index (χ1n) is 4.72. The van der Waals surface area contributed by atoms with E-state index in [4.69, 9.17) is 9.78 Å². The molecule has 1 rings (SSSR count). The lowest BCUT2D eigenvalue weighted by Gasteiger charge is -2.05. The van der Waals surface area contributed by atoms with Crippen LogP contribution in [0, 0.1) is 24.2 Å². The average Bonchev–Trinajstić information content (AvgIpc) is 2.59. The van der Waals surface area contributed by atoms with Gasteiger partial charge in [0.15, 0.2) is 0 Å². The largest absolute Gasteiger partial charge is 0.361 e. The Balaban J connectivity index is 2.56. The van der Waals surface area contributed by atoms with Crippen LogP contribution in [0.1, 0.15) is 18.4 Å². The summed E-state index contributed by atoms with van der Waals surface area (Å²) in [5.74, 6) is -0.0212. The summed E-state index contributed by atoms with van der Waals surface area (Å²) >= 11 is 0. The van der Waals surface area contributed by atoms with E-state index in [1.807, 2.05) is 6.07 Å². The first-order chi connectivity index (χ1) is 7.43. The summed E-state index contributed by atoms with van der Waals surface area (Å²) < 4.78 is 30.2. The van der Waals surface area contributed by atoms with Gasteiger partial charge in [-0.15, -0.1) is 0 Å². The number of hydrogen-bond acceptors (Lipinski definition) is 5. The molecule has 0 fully saturated rings. The number of nitriles is 1. The van der Waals surface area contributed by atoms with Crippen LogP contribution >= 0.6 is 0 Å². The Morgan fingerprint density at radius 1 is 1.69 bits per heavy atom. The second-order valence-electron chi connectivity index (χ2n) is 3.57. The average molecular weight is 243 g/mol. The molecule has 16 heavy (non-hydrogen) atoms. The number of nitrogens with zero attached hydrogens (tertiary/aromatic N) is 2. The third-order valence-electron chi connectivity index (χ3n) is 1.84. The molecule has 0 saturated carbocycles. The lowest BCUT2D eigenvalue weighted by atomic mass is 10.2. The Hall–Kier alpha value is -1.39. The fourth-order valence-corrected chi connectivity index (χ4v) is 2.16. The molecule has 7 heteroatoms. The molecule has 1 unspecified atom stereocenters. The molecule has 0 aliphatic carbocycles. The highest BCUT2D eigenvalue weighted by atomic mass is 32.2. The van der Waals surface area contributed by atoms with Gasteiger partial charge in [-0.1, -0.05) is 5.16 Å². The number of aryl methyl sites for hydroxylation is 1. The molecule has 1 heterocycles. The summed E-state index contributed by atoms with van der Waals surface area (Å²) in [5.41, 5.74) is 0.356. The van der Waals surface area contributed by atoms with Gasteiger partial charge in [0.05, 0.1) is 12.0 Å². The summed E-state index contributed by atoms with van der Waals surface area (Å²) in [4.78, 5) is 0. The van der Waals surface area contributed by atoms with Crippen molar-refractivity contribution < 1.29 is 12.9 Å². The molecule has 1 aromatic heterocycles. The Labute approximate surface area is 94.3 Å². The van der Waals surface area contributed by atoms with Gasteiger partial charge in [-0.05, 0) is 13.8 Å². The van der Waals surface area contributed by atoms with Crippen LogP contribution in [0.25, 0.3) is 0 Å². The Bertz CT molecular complexity index is 486. The molecule has 0 spiro atoms. The van der Waals surface area contributed by atoms with Crippen LogP contribution < -0.4 is 4.72 Å². The third-order valence-corrected chi connectivity index (χ3v) is 3.13. The van der Waals surface area contributed by atoms with Gasteiger partial charge in [0, 0.05) is 12.6 Å². The molecule has 0 aliphatic heterocycles. The molecular weight excluding hydrogens is 230 g/mol. The summed E-state index contributed by atoms with van der Waals surface area (Å²) in [6, 6.07) is 3.51. The smallest absolute Gasteiger partial charge is 0.217 e. The van der Waals surface area contributed by atoms with Gasteiger partial charge in [0.1, 0.15) is 17.2 Å². The maximum absolute atomic E-state index is 11.5. The highest BCUT2D eigenvalue weighted by Crippen LogP contribution is 2.05. The molecule has 88 valence electrons. The topological polar surface area (TPSA) is 96.0 Å². The molecule has 1 atom stereocenters. The summed E-state index contributed by atoms with van der Waals surface area (Å²) in [6.45, 7) is 3.44. The van der Waals surface area contributed by atoms with E-state index < -0.39 is 10.0 Å². The molecule has 0 bridgehead atoms. The van der Waals surface area contributed by atoms with Gasteiger partial charge in [0.25, 0.3) is 0 Å². The van der Waals surface area contributed by atoms with Crippen molar-refractivity contribution in [3.63, 3.8) is 0 Å². The fraction of sp³-hybridized carbons (Fsp3) is 0.556. The second kappa shape index (κ2) is 5.09. The Kier molecular flexibility index (Phi) is 4.04. The molecule has 0 radical (unpaired) electrons. The standard InChI is InChI=1S/C9H13N3O3S/c1-7(4-10)5-11-16(13,14)6-9-3-8(2)15-12-9/h3,7,11H,5-6H2,1-2H3. The van der Waals surface area contributed by atoms with Crippen LogP contribution in [-0.4, -0.2) is 20.1 Å². The van der Waals surface area contributed by atoms with Crippen LogP contribution in [-0.2, 0) is 15.8 Å². The zero-order valence-corrected chi connectivity index (χ0v) is 9.91. The van der Waals surface area contributed by atoms with Crippen molar-refractivity contribution in [1.82, 2.24) is 9.88 Å². The lowest BCUT2D eigenvalue weighted by molar-refractivity contribution is 0.392. The van der Waals surface area contributed by atoms with Gasteiger partial charge >= 0.3 is 0 Å². The first kappa shape index (κ1) is 12.7. The predicted molar refractivity (Wildman–Crippen MR) is 56.6 cm³/mol. The third kappa shape index (κ3) is 4.00. The second-order valence-corrected chi connectivity index (χ2v) is 5.37. The number of nitrogens with one attached hydrogen (secondary N) is 1. The summed E-state index contributed by atoms with van der Waals surface area (Å²) in [5, 5.41) is 12.1. The van der Waals surface area contributed by atoms with Gasteiger partial charge in [-0.3, -0.25) is 0 Å². The zero-order valence-electron chi connectivity index (χ0n) is 9.10. The predicted octanol–water partition coefficient (Wildman–Crippen LogP) is 0.562. The number of rotatable bonds is 5. The highest BCUT2D eigenvalue weighted by molar-refractivity contribution is 7.88. The minimum absolute atomic E-state index is 0.107. The van der Waals surface area contributed by atoms with E-state index in [1.165, 1.54) is 0 Å². The van der Waals surface area contributed by atoms with Crippen molar-refractivity contribution in [2.24, 2.45) is 5.92 Å². The van der Waals surface area contributed by atoms with Crippen LogP contribution in [0.2, 0.25) is 0 Å². The van der Waals surface area contributed by atoms with Crippen LogP contribution in [0.5, 0.6) is 0 Å². The van der Waals surface area contributed by atoms with E-state index in [-0.39, 0.29) is 18.2 Å². The lowest BCUT2D eigenvalue weighted by Crippen LogP contribution is -2.29. The van der Waals surface area contributed by atoms with Crippen LogP contribution in [0.3, 0.4) is 0 Å². The first-order valence-corrected chi connectivity index (χ1v) is 6.37. The van der Waals surface area contributed by atoms with E-state index in [1.54, 1.807) is 19.9 Å². The fourth-order valence-electron chi connectivity index (χ4n) is 1.03. The SMILES string of the molecule is Cc1cc(CS(=O)(=O)NCC(C)C#N)no1. The monoisotopic (exact) mass is 243 g/mol. The molecule has 0 saturated heterocycles. The maximum Gasteiger partial charge on any atom is 0.217 e. The molecule has 0 aliphatic rings. The highest BCUT2D eigenvalue weighted by Gasteiger charge is 2.15. The van der Waals surface area contributed by atoms with Gasteiger partial charge in [0.2, 0.25) is 10.0 Å². The molecule has 0 amide bonds. The molecular formula is C9H13N3O3S.